The number of aliphatic hydroxyl groups is 1. The van der Waals surface area contributed by atoms with Gasteiger partial charge in [0, 0.05) is 24.3 Å². The van der Waals surface area contributed by atoms with E-state index >= 15 is 0 Å². The largest absolute Gasteiger partial charge is 0.457 e. The quantitative estimate of drug-likeness (QED) is 0.394. The van der Waals surface area contributed by atoms with Gasteiger partial charge in [0.05, 0.1) is 35.6 Å². The summed E-state index contributed by atoms with van der Waals surface area (Å²) in [6.45, 7) is 13.6. The van der Waals surface area contributed by atoms with Crippen LogP contribution in [0, 0.1) is 40.4 Å². The highest BCUT2D eigenvalue weighted by molar-refractivity contribution is 7.09. The van der Waals surface area contributed by atoms with Crippen molar-refractivity contribution < 1.29 is 19.4 Å². The number of ketones is 1. The molecule has 0 aromatic carbocycles. The summed E-state index contributed by atoms with van der Waals surface area (Å²) in [5.74, 6) is -1.48. The molecule has 7 nitrogen and oxygen atoms in total. The van der Waals surface area contributed by atoms with Crippen molar-refractivity contribution in [3.63, 3.8) is 0 Å². The van der Waals surface area contributed by atoms with Crippen LogP contribution in [0.25, 0.3) is 6.08 Å². The number of nitrogens with zero attached hydrogens (tertiary/aromatic N) is 2. The van der Waals surface area contributed by atoms with Gasteiger partial charge in [-0.05, 0) is 50.2 Å². The van der Waals surface area contributed by atoms with Crippen molar-refractivity contribution in [2.75, 3.05) is 0 Å². The average molecular weight is 530 g/mol. The molecule has 3 N–H and O–H groups in total. The molecule has 204 valence electrons. The molecule has 2 heterocycles. The van der Waals surface area contributed by atoms with Gasteiger partial charge in [-0.1, -0.05) is 46.3 Å². The molecule has 0 radical (unpaired) electrons. The second-order valence-corrected chi connectivity index (χ2v) is 12.2. The summed E-state index contributed by atoms with van der Waals surface area (Å²) in [7, 11) is 0. The first kappa shape index (κ1) is 30.9. The van der Waals surface area contributed by atoms with Crippen molar-refractivity contribution in [2.24, 2.45) is 34.8 Å². The molecule has 0 saturated heterocycles. The van der Waals surface area contributed by atoms with E-state index in [2.05, 4.69) is 31.0 Å². The summed E-state index contributed by atoms with van der Waals surface area (Å²) in [5.41, 5.74) is 7.27. The number of esters is 1. The van der Waals surface area contributed by atoms with E-state index in [1.807, 2.05) is 25.3 Å². The number of aliphatic hydroxyl groups excluding tert-OH is 1. The number of thiazole rings is 1. The second-order valence-electron chi connectivity index (χ2n) is 11.3. The summed E-state index contributed by atoms with van der Waals surface area (Å²) in [6, 6.07) is 2.35. The van der Waals surface area contributed by atoms with Gasteiger partial charge in [0.1, 0.15) is 16.9 Å². The van der Waals surface area contributed by atoms with E-state index in [1.165, 1.54) is 16.9 Å². The predicted octanol–water partition coefficient (Wildman–Crippen LogP) is 5.44. The van der Waals surface area contributed by atoms with Crippen LogP contribution in [0.4, 0.5) is 0 Å². The van der Waals surface area contributed by atoms with Gasteiger partial charge in [-0.25, -0.2) is 4.98 Å². The van der Waals surface area contributed by atoms with E-state index in [0.717, 1.165) is 29.1 Å². The predicted molar refractivity (Wildman–Crippen MR) is 147 cm³/mol. The molecule has 1 aromatic heterocycles. The van der Waals surface area contributed by atoms with E-state index < -0.39 is 35.4 Å². The van der Waals surface area contributed by atoms with E-state index in [1.54, 1.807) is 20.8 Å². The maximum atomic E-state index is 13.4. The number of ether oxygens (including phenoxy) is 1. The first-order chi connectivity index (χ1) is 17.3. The van der Waals surface area contributed by atoms with Gasteiger partial charge in [-0.15, -0.1) is 11.3 Å². The summed E-state index contributed by atoms with van der Waals surface area (Å²) < 4.78 is 5.85. The zero-order chi connectivity index (χ0) is 27.9. The Labute approximate surface area is 225 Å². The zero-order valence-electron chi connectivity index (χ0n) is 23.3. The van der Waals surface area contributed by atoms with Crippen LogP contribution in [0.5, 0.6) is 0 Å². The molecule has 1 aromatic rings. The molecule has 6 atom stereocenters. The number of Topliss-reactive ketones (excluding diaryl/α,β-unsaturated/α-hetero) is 1. The number of cyclic esters (lactones) is 1. The molecule has 0 amide bonds. The third-order valence-electron chi connectivity index (χ3n) is 7.57. The zero-order valence-corrected chi connectivity index (χ0v) is 24.1. The smallest absolute Gasteiger partial charge is 0.309 e. The maximum Gasteiger partial charge on any atom is 0.309 e. The van der Waals surface area contributed by atoms with Gasteiger partial charge in [0.2, 0.25) is 0 Å². The molecule has 0 spiro atoms. The highest BCUT2D eigenvalue weighted by Crippen LogP contribution is 2.36. The number of carbonyl (C=O) groups is 2. The monoisotopic (exact) mass is 529 g/mol. The Hall–Kier alpha value is -2.34. The minimum Gasteiger partial charge on any atom is -0.457 e. The minimum atomic E-state index is -1.23. The first-order valence-electron chi connectivity index (χ1n) is 13.1. The number of rotatable bonds is 3. The summed E-state index contributed by atoms with van der Waals surface area (Å²) in [5, 5.41) is 23.6. The summed E-state index contributed by atoms with van der Waals surface area (Å²) >= 11 is 1.48. The fraction of sp³-hybridized carbons (Fsp3) is 0.655. The normalized spacial score (nSPS) is 32.2. The van der Waals surface area contributed by atoms with Crippen molar-refractivity contribution in [2.45, 2.75) is 92.9 Å². The van der Waals surface area contributed by atoms with E-state index in [4.69, 9.17) is 10.5 Å². The van der Waals surface area contributed by atoms with E-state index in [0.29, 0.717) is 18.9 Å². The minimum absolute atomic E-state index is 0.0204. The third-order valence-corrected chi connectivity index (χ3v) is 8.46. The SMILES string of the molecule is C/C1=C/CC(/C(C)=C/c2csc(CN)n2)OC(=O)C[C@H](O)C(C)(C)C(=O)C(C)C(C#N)C(C)CC(C)C1. The highest BCUT2D eigenvalue weighted by atomic mass is 32.1. The Balaban J connectivity index is 2.41. The first-order valence-corrected chi connectivity index (χ1v) is 14.0. The van der Waals surface area contributed by atoms with Crippen LogP contribution < -0.4 is 5.73 Å². The Morgan fingerprint density at radius 2 is 2.00 bits per heavy atom. The van der Waals surface area contributed by atoms with Crippen molar-refractivity contribution in [3.05, 3.63) is 33.3 Å². The molecule has 1 aliphatic rings. The molecule has 5 unspecified atom stereocenters. The standard InChI is InChI=1S/C29H43N3O4S/c1-17-8-9-24(20(4)12-22-16-37-26(15-31)32-22)36-27(34)13-25(33)29(6,7)28(35)21(5)23(14-30)19(3)11-18(2)10-17/h8,12,16,18-19,21,23-25,33H,9-11,13,15,31H2,1-7H3/b17-8-,20-12+/t18?,19?,21?,23?,24?,25-/m0/s1. The number of allylic oxidation sites excluding steroid dienone is 1. The lowest BCUT2D eigenvalue weighted by Gasteiger charge is -2.34. The Kier molecular flexibility index (Phi) is 11.2. The molecule has 0 fully saturated rings. The van der Waals surface area contributed by atoms with Gasteiger partial charge in [-0.2, -0.15) is 5.26 Å². The van der Waals surface area contributed by atoms with Crippen molar-refractivity contribution >= 4 is 29.2 Å². The second kappa shape index (κ2) is 13.5. The number of aromatic nitrogens is 1. The number of nitriles is 1. The van der Waals surface area contributed by atoms with Crippen LogP contribution in [0.3, 0.4) is 0 Å². The average Bonchev–Trinajstić information content (AvgIpc) is 3.28. The van der Waals surface area contributed by atoms with Crippen LogP contribution in [-0.4, -0.2) is 34.1 Å². The van der Waals surface area contributed by atoms with Gasteiger partial charge in [0.15, 0.2) is 0 Å². The number of hydrogen-bond acceptors (Lipinski definition) is 8. The fourth-order valence-electron chi connectivity index (χ4n) is 5.21. The molecular weight excluding hydrogens is 486 g/mol. The molecule has 0 bridgehead atoms. The highest BCUT2D eigenvalue weighted by Gasteiger charge is 2.43. The Morgan fingerprint density at radius 1 is 1.32 bits per heavy atom. The summed E-state index contributed by atoms with van der Waals surface area (Å²) in [4.78, 5) is 30.9. The van der Waals surface area contributed by atoms with Crippen LogP contribution in [0.1, 0.15) is 84.9 Å². The van der Waals surface area contributed by atoms with E-state index in [9.17, 15) is 20.0 Å². The fourth-order valence-corrected chi connectivity index (χ4v) is 5.84. The van der Waals surface area contributed by atoms with Gasteiger partial charge < -0.3 is 15.6 Å². The lowest BCUT2D eigenvalue weighted by atomic mass is 9.69. The summed E-state index contributed by atoms with van der Waals surface area (Å²) in [6.07, 6.45) is 4.08. The van der Waals surface area contributed by atoms with Crippen LogP contribution in [0.2, 0.25) is 0 Å². The van der Waals surface area contributed by atoms with Crippen molar-refractivity contribution in [1.82, 2.24) is 4.98 Å². The Morgan fingerprint density at radius 3 is 2.59 bits per heavy atom. The van der Waals surface area contributed by atoms with E-state index in [-0.39, 0.29) is 18.1 Å². The lowest BCUT2D eigenvalue weighted by Crippen LogP contribution is -2.44. The van der Waals surface area contributed by atoms with Crippen LogP contribution in [0.15, 0.2) is 22.6 Å². The molecule has 1 aliphatic heterocycles. The number of hydrogen-bond donors (Lipinski definition) is 2. The van der Waals surface area contributed by atoms with Gasteiger partial charge in [0.25, 0.3) is 0 Å². The van der Waals surface area contributed by atoms with Crippen LogP contribution >= 0.6 is 11.3 Å². The number of nitrogens with two attached hydrogens (primary N) is 1. The van der Waals surface area contributed by atoms with Gasteiger partial charge in [-0.3, -0.25) is 9.59 Å². The Bertz CT molecular complexity index is 1050. The molecule has 0 aliphatic carbocycles. The topological polar surface area (TPSA) is 126 Å². The molecule has 0 saturated carbocycles. The molecular formula is C29H43N3O4S. The lowest BCUT2D eigenvalue weighted by molar-refractivity contribution is -0.153. The number of carbonyl (C=O) groups excluding carboxylic acids is 2. The molecule has 37 heavy (non-hydrogen) atoms. The third kappa shape index (κ3) is 8.33. The molecule has 8 heteroatoms. The maximum absolute atomic E-state index is 13.4. The van der Waals surface area contributed by atoms with Crippen LogP contribution in [-0.2, 0) is 20.9 Å². The van der Waals surface area contributed by atoms with Crippen molar-refractivity contribution in [3.8, 4) is 6.07 Å². The van der Waals surface area contributed by atoms with Crippen molar-refractivity contribution in [1.29, 1.82) is 5.26 Å². The molecule has 2 rings (SSSR count). The van der Waals surface area contributed by atoms with Gasteiger partial charge >= 0.3 is 5.97 Å².